The molecule has 160 valence electrons. The molecule has 2 heterocycles. The van der Waals surface area contributed by atoms with Crippen LogP contribution in [0.4, 0.5) is 0 Å². The number of methoxy groups -OCH3 is 1. The Morgan fingerprint density at radius 1 is 1.07 bits per heavy atom. The van der Waals surface area contributed by atoms with E-state index < -0.39 is 0 Å². The predicted molar refractivity (Wildman–Crippen MR) is 118 cm³/mol. The Hall–Kier alpha value is -2.53. The van der Waals surface area contributed by atoms with E-state index in [-0.39, 0.29) is 5.91 Å². The Bertz CT molecular complexity index is 865. The third-order valence-corrected chi connectivity index (χ3v) is 6.45. The van der Waals surface area contributed by atoms with Crippen molar-refractivity contribution in [3.63, 3.8) is 0 Å². The lowest BCUT2D eigenvalue weighted by molar-refractivity contribution is 0.0965. The van der Waals surface area contributed by atoms with Crippen LogP contribution in [0.1, 0.15) is 53.6 Å². The highest BCUT2D eigenvalue weighted by Gasteiger charge is 2.28. The van der Waals surface area contributed by atoms with Gasteiger partial charge in [0.15, 0.2) is 0 Å². The number of nitrogens with one attached hydrogen (secondary N) is 1. The molecule has 2 aromatic rings. The molecule has 1 saturated heterocycles. The van der Waals surface area contributed by atoms with Gasteiger partial charge in [-0.2, -0.15) is 0 Å². The number of hydrogen-bond acceptors (Lipinski definition) is 4. The molecule has 2 atom stereocenters. The molecule has 0 aromatic heterocycles. The number of ether oxygens (including phenoxy) is 2. The Labute approximate surface area is 179 Å². The average molecular weight is 409 g/mol. The SMILES string of the molecule is CCCN1CC[C@@H](COc2ccc3c(c2)C(=O)NC3)[C@@H](c2ccc(OC)cc2)CC1. The highest BCUT2D eigenvalue weighted by molar-refractivity contribution is 5.98. The van der Waals surface area contributed by atoms with E-state index in [2.05, 4.69) is 41.4 Å². The minimum atomic E-state index is -0.00349. The van der Waals surface area contributed by atoms with Crippen LogP contribution in [0.25, 0.3) is 0 Å². The standard InChI is InChI=1S/C25H32N2O3/c1-3-12-27-13-10-20(23(11-14-27)18-4-7-21(29-2)8-5-18)17-30-22-9-6-19-16-26-25(28)24(19)15-22/h4-9,15,20,23H,3,10-14,16-17H2,1-2H3,(H,26,28)/t20-,23+/m0/s1. The Morgan fingerprint density at radius 2 is 1.83 bits per heavy atom. The van der Waals surface area contributed by atoms with Gasteiger partial charge in [-0.05, 0) is 80.2 Å². The second kappa shape index (κ2) is 9.52. The molecule has 0 saturated carbocycles. The number of carbonyl (C=O) groups excluding carboxylic acids is 1. The molecule has 2 aromatic carbocycles. The topological polar surface area (TPSA) is 50.8 Å². The fourth-order valence-electron chi connectivity index (χ4n) is 4.73. The van der Waals surface area contributed by atoms with Crippen molar-refractivity contribution in [3.05, 3.63) is 59.2 Å². The molecule has 4 rings (SSSR count). The monoisotopic (exact) mass is 408 g/mol. The second-order valence-electron chi connectivity index (χ2n) is 8.37. The van der Waals surface area contributed by atoms with Crippen molar-refractivity contribution in [2.75, 3.05) is 33.4 Å². The van der Waals surface area contributed by atoms with Crippen LogP contribution in [0.5, 0.6) is 11.5 Å². The molecule has 0 bridgehead atoms. The summed E-state index contributed by atoms with van der Waals surface area (Å²) in [6.45, 7) is 6.92. The molecule has 2 aliphatic rings. The van der Waals surface area contributed by atoms with Gasteiger partial charge in [-0.1, -0.05) is 25.1 Å². The first-order chi connectivity index (χ1) is 14.7. The number of likely N-dealkylation sites (tertiary alicyclic amines) is 1. The fraction of sp³-hybridized carbons (Fsp3) is 0.480. The van der Waals surface area contributed by atoms with E-state index in [1.807, 2.05) is 18.2 Å². The van der Waals surface area contributed by atoms with E-state index in [0.717, 1.165) is 55.1 Å². The lowest BCUT2D eigenvalue weighted by Crippen LogP contribution is -2.25. The molecule has 0 spiro atoms. The summed E-state index contributed by atoms with van der Waals surface area (Å²) in [5.41, 5.74) is 3.15. The smallest absolute Gasteiger partial charge is 0.252 e. The van der Waals surface area contributed by atoms with E-state index in [1.54, 1.807) is 7.11 Å². The van der Waals surface area contributed by atoms with Crippen molar-refractivity contribution in [2.45, 2.75) is 38.6 Å². The molecular formula is C25H32N2O3. The number of rotatable bonds is 7. The molecule has 0 unspecified atom stereocenters. The highest BCUT2D eigenvalue weighted by atomic mass is 16.5. The molecule has 5 nitrogen and oxygen atoms in total. The maximum atomic E-state index is 12.0. The van der Waals surface area contributed by atoms with Gasteiger partial charge < -0.3 is 19.7 Å². The van der Waals surface area contributed by atoms with Gasteiger partial charge in [-0.15, -0.1) is 0 Å². The maximum absolute atomic E-state index is 12.0. The number of benzene rings is 2. The quantitative estimate of drug-likeness (QED) is 0.745. The van der Waals surface area contributed by atoms with Crippen LogP contribution < -0.4 is 14.8 Å². The largest absolute Gasteiger partial charge is 0.497 e. The fourth-order valence-corrected chi connectivity index (χ4v) is 4.73. The third kappa shape index (κ3) is 4.62. The van der Waals surface area contributed by atoms with Crippen LogP contribution in [-0.2, 0) is 6.54 Å². The summed E-state index contributed by atoms with van der Waals surface area (Å²) in [5.74, 6) is 2.56. The summed E-state index contributed by atoms with van der Waals surface area (Å²) in [5, 5.41) is 2.87. The van der Waals surface area contributed by atoms with Gasteiger partial charge >= 0.3 is 0 Å². The third-order valence-electron chi connectivity index (χ3n) is 6.45. The number of carbonyl (C=O) groups is 1. The summed E-state index contributed by atoms with van der Waals surface area (Å²) in [6, 6.07) is 14.4. The Morgan fingerprint density at radius 3 is 2.60 bits per heavy atom. The van der Waals surface area contributed by atoms with Crippen LogP contribution in [0.15, 0.2) is 42.5 Å². The molecule has 0 radical (unpaired) electrons. The number of fused-ring (bicyclic) bond motifs is 1. The molecule has 1 N–H and O–H groups in total. The van der Waals surface area contributed by atoms with Crippen molar-refractivity contribution in [1.29, 1.82) is 0 Å². The van der Waals surface area contributed by atoms with E-state index in [1.165, 1.54) is 12.0 Å². The van der Waals surface area contributed by atoms with Crippen molar-refractivity contribution in [2.24, 2.45) is 5.92 Å². The molecule has 1 amide bonds. The van der Waals surface area contributed by atoms with Gasteiger partial charge in [0.05, 0.1) is 13.7 Å². The van der Waals surface area contributed by atoms with Gasteiger partial charge in [-0.3, -0.25) is 4.79 Å². The molecule has 30 heavy (non-hydrogen) atoms. The van der Waals surface area contributed by atoms with Crippen LogP contribution in [0.3, 0.4) is 0 Å². The van der Waals surface area contributed by atoms with Gasteiger partial charge in [0.1, 0.15) is 11.5 Å². The molecular weight excluding hydrogens is 376 g/mol. The second-order valence-corrected chi connectivity index (χ2v) is 8.37. The zero-order valence-electron chi connectivity index (χ0n) is 18.0. The molecule has 0 aliphatic carbocycles. The zero-order valence-corrected chi connectivity index (χ0v) is 18.0. The summed E-state index contributed by atoms with van der Waals surface area (Å²) in [7, 11) is 1.71. The summed E-state index contributed by atoms with van der Waals surface area (Å²) in [6.07, 6.45) is 3.43. The van der Waals surface area contributed by atoms with Crippen LogP contribution in [0, 0.1) is 5.92 Å². The van der Waals surface area contributed by atoms with E-state index >= 15 is 0 Å². The van der Waals surface area contributed by atoms with Gasteiger partial charge in [0.2, 0.25) is 0 Å². The Kier molecular flexibility index (Phi) is 6.58. The van der Waals surface area contributed by atoms with Crippen LogP contribution in [-0.4, -0.2) is 44.2 Å². The predicted octanol–water partition coefficient (Wildman–Crippen LogP) is 4.22. The van der Waals surface area contributed by atoms with Gasteiger partial charge in [0, 0.05) is 18.0 Å². The Balaban J connectivity index is 1.49. The van der Waals surface area contributed by atoms with E-state index in [0.29, 0.717) is 25.0 Å². The number of hydrogen-bond donors (Lipinski definition) is 1. The van der Waals surface area contributed by atoms with Crippen molar-refractivity contribution < 1.29 is 14.3 Å². The first-order valence-electron chi connectivity index (χ1n) is 11.1. The zero-order chi connectivity index (χ0) is 20.9. The van der Waals surface area contributed by atoms with E-state index in [4.69, 9.17) is 9.47 Å². The molecule has 1 fully saturated rings. The normalized spacial score (nSPS) is 21.6. The number of amides is 1. The van der Waals surface area contributed by atoms with Crippen LogP contribution >= 0.6 is 0 Å². The molecule has 2 aliphatic heterocycles. The highest BCUT2D eigenvalue weighted by Crippen LogP contribution is 2.35. The maximum Gasteiger partial charge on any atom is 0.252 e. The number of nitrogens with zero attached hydrogens (tertiary/aromatic N) is 1. The van der Waals surface area contributed by atoms with Crippen LogP contribution in [0.2, 0.25) is 0 Å². The van der Waals surface area contributed by atoms with Crippen molar-refractivity contribution >= 4 is 5.91 Å². The first-order valence-corrected chi connectivity index (χ1v) is 11.1. The lowest BCUT2D eigenvalue weighted by Gasteiger charge is -2.25. The van der Waals surface area contributed by atoms with Gasteiger partial charge in [0.25, 0.3) is 5.91 Å². The first kappa shape index (κ1) is 20.7. The minimum absolute atomic E-state index is 0.00349. The van der Waals surface area contributed by atoms with Crippen molar-refractivity contribution in [1.82, 2.24) is 10.2 Å². The average Bonchev–Trinajstić information content (AvgIpc) is 3.02. The summed E-state index contributed by atoms with van der Waals surface area (Å²) >= 11 is 0. The molecule has 5 heteroatoms. The van der Waals surface area contributed by atoms with E-state index in [9.17, 15) is 4.79 Å². The lowest BCUT2D eigenvalue weighted by atomic mass is 9.83. The summed E-state index contributed by atoms with van der Waals surface area (Å²) < 4.78 is 11.6. The minimum Gasteiger partial charge on any atom is -0.497 e. The van der Waals surface area contributed by atoms with Crippen molar-refractivity contribution in [3.8, 4) is 11.5 Å². The van der Waals surface area contributed by atoms with Gasteiger partial charge in [-0.25, -0.2) is 0 Å². The summed E-state index contributed by atoms with van der Waals surface area (Å²) in [4.78, 5) is 14.6.